The van der Waals surface area contributed by atoms with Crippen molar-refractivity contribution in [2.75, 3.05) is 32.4 Å². The second-order valence-corrected chi connectivity index (χ2v) is 12.0. The number of nitrogens with one attached hydrogen (secondary N) is 2. The van der Waals surface area contributed by atoms with Crippen LogP contribution in [0.15, 0.2) is 36.9 Å². The number of benzene rings is 1. The number of fused-ring (bicyclic) bond motifs is 2. The number of carbonyl (C=O) groups excluding carboxylic acids is 1. The summed E-state index contributed by atoms with van der Waals surface area (Å²) in [6.07, 6.45) is 1.70. The quantitative estimate of drug-likeness (QED) is 0.384. The Balaban J connectivity index is 1.13. The van der Waals surface area contributed by atoms with Crippen molar-refractivity contribution in [3.63, 3.8) is 0 Å². The summed E-state index contributed by atoms with van der Waals surface area (Å²) in [5, 5.41) is 5.86. The first kappa shape index (κ1) is 28.2. The Hall–Kier alpha value is -3.32. The van der Waals surface area contributed by atoms with E-state index in [-0.39, 0.29) is 29.8 Å². The molecule has 2 amide bonds. The van der Waals surface area contributed by atoms with Gasteiger partial charge < -0.3 is 35.5 Å². The average Bonchev–Trinajstić information content (AvgIpc) is 3.54. The number of nitrogens with two attached hydrogens (primary N) is 1. The SMILES string of the molecule is CN(CCNC(=O)NCc1ccc(C(C)(C)C)cc1)CC1OC(n2cnc3c(N)ncnc32)C2OC(C)(C)OC12. The molecule has 2 aliphatic heterocycles. The Kier molecular flexibility index (Phi) is 7.71. The number of likely N-dealkylation sites (N-methyl/N-ethyl adjacent to an activating group) is 1. The van der Waals surface area contributed by atoms with Crippen LogP contribution >= 0.6 is 0 Å². The highest BCUT2D eigenvalue weighted by atomic mass is 16.8. The average molecular weight is 553 g/mol. The van der Waals surface area contributed by atoms with E-state index in [0.717, 1.165) is 5.56 Å². The first-order chi connectivity index (χ1) is 18.9. The number of carbonyl (C=O) groups is 1. The Morgan fingerprint density at radius 3 is 2.55 bits per heavy atom. The Morgan fingerprint density at radius 1 is 1.10 bits per heavy atom. The van der Waals surface area contributed by atoms with E-state index < -0.39 is 12.0 Å². The van der Waals surface area contributed by atoms with Crippen molar-refractivity contribution in [2.24, 2.45) is 0 Å². The molecule has 0 radical (unpaired) electrons. The highest BCUT2D eigenvalue weighted by molar-refractivity contribution is 5.81. The lowest BCUT2D eigenvalue weighted by molar-refractivity contribution is -0.197. The zero-order valence-electron chi connectivity index (χ0n) is 24.0. The van der Waals surface area contributed by atoms with Crippen LogP contribution in [0.1, 0.15) is 52.0 Å². The number of nitrogen functional groups attached to an aromatic ring is 1. The number of ether oxygens (including phenoxy) is 3. The van der Waals surface area contributed by atoms with Gasteiger partial charge in [-0.2, -0.15) is 0 Å². The number of nitrogens with zero attached hydrogens (tertiary/aromatic N) is 5. The molecule has 3 aromatic rings. The Bertz CT molecular complexity index is 1340. The van der Waals surface area contributed by atoms with Gasteiger partial charge >= 0.3 is 6.03 Å². The highest BCUT2D eigenvalue weighted by Gasteiger charge is 2.56. The van der Waals surface area contributed by atoms with Crippen LogP contribution in [0.4, 0.5) is 10.6 Å². The lowest BCUT2D eigenvalue weighted by Gasteiger charge is -2.27. The van der Waals surface area contributed by atoms with Crippen molar-refractivity contribution in [1.82, 2.24) is 35.1 Å². The molecule has 0 spiro atoms. The minimum atomic E-state index is -0.745. The molecule has 12 heteroatoms. The number of imidazole rings is 1. The maximum atomic E-state index is 12.4. The molecule has 0 bridgehead atoms. The van der Waals surface area contributed by atoms with E-state index in [4.69, 9.17) is 19.9 Å². The van der Waals surface area contributed by atoms with E-state index in [1.807, 2.05) is 25.5 Å². The van der Waals surface area contributed by atoms with E-state index in [9.17, 15) is 4.79 Å². The Morgan fingerprint density at radius 2 is 1.82 bits per heavy atom. The first-order valence-corrected chi connectivity index (χ1v) is 13.6. The molecule has 0 aliphatic carbocycles. The van der Waals surface area contributed by atoms with Gasteiger partial charge in [-0.05, 0) is 37.4 Å². The Labute approximate surface area is 234 Å². The molecule has 216 valence electrons. The standard InChI is InChI=1S/C28H40N8O4/c1-27(2,3)18-9-7-17(8-10-18)13-31-26(37)30-11-12-35(6)14-19-21-22(40-28(4,5)39-21)25(38-19)36-16-34-20-23(29)32-15-33-24(20)36/h7-10,15-16,19,21-22,25H,11-14H2,1-6H3,(H2,29,32,33)(H2,30,31,37). The summed E-state index contributed by atoms with van der Waals surface area (Å²) in [7, 11) is 1.99. The molecular formula is C28H40N8O4. The normalized spacial score (nSPS) is 24.0. The third-order valence-electron chi connectivity index (χ3n) is 7.33. The van der Waals surface area contributed by atoms with Gasteiger partial charge in [0.25, 0.3) is 0 Å². The van der Waals surface area contributed by atoms with Crippen molar-refractivity contribution in [1.29, 1.82) is 0 Å². The topological polar surface area (TPSA) is 142 Å². The summed E-state index contributed by atoms with van der Waals surface area (Å²) >= 11 is 0. The number of aromatic nitrogens is 4. The summed E-state index contributed by atoms with van der Waals surface area (Å²) in [5.41, 5.74) is 9.51. The first-order valence-electron chi connectivity index (χ1n) is 13.6. The maximum absolute atomic E-state index is 12.4. The third kappa shape index (κ3) is 6.04. The van der Waals surface area contributed by atoms with Crippen LogP contribution in [0.2, 0.25) is 0 Å². The van der Waals surface area contributed by atoms with Crippen molar-refractivity contribution in [3.8, 4) is 0 Å². The number of anilines is 1. The monoisotopic (exact) mass is 552 g/mol. The highest BCUT2D eigenvalue weighted by Crippen LogP contribution is 2.44. The van der Waals surface area contributed by atoms with Gasteiger partial charge in [-0.3, -0.25) is 4.57 Å². The van der Waals surface area contributed by atoms with Gasteiger partial charge in [-0.25, -0.2) is 19.7 Å². The van der Waals surface area contributed by atoms with Crippen molar-refractivity contribution in [2.45, 2.75) is 76.9 Å². The lowest BCUT2D eigenvalue weighted by Crippen LogP contribution is -2.43. The van der Waals surface area contributed by atoms with Crippen LogP contribution in [0.5, 0.6) is 0 Å². The molecule has 4 N–H and O–H groups in total. The van der Waals surface area contributed by atoms with Crippen LogP contribution in [0.25, 0.3) is 11.2 Å². The molecule has 2 fully saturated rings. The number of hydrogen-bond acceptors (Lipinski definition) is 9. The van der Waals surface area contributed by atoms with E-state index >= 15 is 0 Å². The van der Waals surface area contributed by atoms with Crippen LogP contribution in [-0.4, -0.2) is 81.2 Å². The third-order valence-corrected chi connectivity index (χ3v) is 7.33. The van der Waals surface area contributed by atoms with E-state index in [1.54, 1.807) is 6.33 Å². The largest absolute Gasteiger partial charge is 0.382 e. The van der Waals surface area contributed by atoms with Gasteiger partial charge in [-0.15, -0.1) is 0 Å². The van der Waals surface area contributed by atoms with Crippen molar-refractivity contribution in [3.05, 3.63) is 48.0 Å². The zero-order chi connectivity index (χ0) is 28.7. The van der Waals surface area contributed by atoms with Crippen LogP contribution in [0.3, 0.4) is 0 Å². The van der Waals surface area contributed by atoms with Crippen molar-refractivity contribution < 1.29 is 19.0 Å². The summed E-state index contributed by atoms with van der Waals surface area (Å²) in [6, 6.07) is 8.14. The molecule has 4 heterocycles. The van der Waals surface area contributed by atoms with Gasteiger partial charge in [0.1, 0.15) is 30.2 Å². The molecule has 2 aliphatic rings. The van der Waals surface area contributed by atoms with E-state index in [2.05, 4.69) is 75.5 Å². The molecule has 2 aromatic heterocycles. The fourth-order valence-corrected chi connectivity index (χ4v) is 5.21. The minimum absolute atomic E-state index is 0.102. The second kappa shape index (κ2) is 10.9. The summed E-state index contributed by atoms with van der Waals surface area (Å²) in [6.45, 7) is 12.5. The van der Waals surface area contributed by atoms with Gasteiger partial charge in [-0.1, -0.05) is 45.0 Å². The van der Waals surface area contributed by atoms with Crippen molar-refractivity contribution >= 4 is 23.0 Å². The molecule has 2 saturated heterocycles. The van der Waals surface area contributed by atoms with Gasteiger partial charge in [0, 0.05) is 26.2 Å². The van der Waals surface area contributed by atoms with Gasteiger partial charge in [0.15, 0.2) is 23.5 Å². The summed E-state index contributed by atoms with van der Waals surface area (Å²) in [5.74, 6) is -0.431. The fraction of sp³-hybridized carbons (Fsp3) is 0.571. The van der Waals surface area contributed by atoms with Crippen LogP contribution in [-0.2, 0) is 26.2 Å². The maximum Gasteiger partial charge on any atom is 0.315 e. The molecule has 4 unspecified atom stereocenters. The number of hydrogen-bond donors (Lipinski definition) is 3. The minimum Gasteiger partial charge on any atom is -0.382 e. The summed E-state index contributed by atoms with van der Waals surface area (Å²) in [4.78, 5) is 27.2. The van der Waals surface area contributed by atoms with E-state index in [0.29, 0.717) is 43.2 Å². The summed E-state index contributed by atoms with van der Waals surface area (Å²) < 4.78 is 20.8. The second-order valence-electron chi connectivity index (χ2n) is 12.0. The molecule has 12 nitrogen and oxygen atoms in total. The molecule has 40 heavy (non-hydrogen) atoms. The van der Waals surface area contributed by atoms with Crippen LogP contribution < -0.4 is 16.4 Å². The fourth-order valence-electron chi connectivity index (χ4n) is 5.21. The zero-order valence-corrected chi connectivity index (χ0v) is 24.0. The predicted octanol–water partition coefficient (Wildman–Crippen LogP) is 2.55. The van der Waals surface area contributed by atoms with Crippen LogP contribution in [0, 0.1) is 0 Å². The number of amides is 2. The molecular weight excluding hydrogens is 512 g/mol. The molecule has 5 rings (SSSR count). The molecule has 4 atom stereocenters. The van der Waals surface area contributed by atoms with Gasteiger partial charge in [0.2, 0.25) is 0 Å². The van der Waals surface area contributed by atoms with E-state index in [1.165, 1.54) is 11.9 Å². The molecule has 0 saturated carbocycles. The number of urea groups is 1. The predicted molar refractivity (Wildman–Crippen MR) is 150 cm³/mol. The number of rotatable bonds is 8. The smallest absolute Gasteiger partial charge is 0.315 e. The molecule has 1 aromatic carbocycles. The van der Waals surface area contributed by atoms with Gasteiger partial charge in [0.05, 0.1) is 6.33 Å². The lowest BCUT2D eigenvalue weighted by atomic mass is 9.87.